The lowest BCUT2D eigenvalue weighted by atomic mass is 9.85. The summed E-state index contributed by atoms with van der Waals surface area (Å²) in [5, 5.41) is 12.8. The molecule has 0 radical (unpaired) electrons. The van der Waals surface area contributed by atoms with Crippen molar-refractivity contribution in [3.05, 3.63) is 65.7 Å². The minimum atomic E-state index is -0.653. The maximum atomic E-state index is 11.1. The van der Waals surface area contributed by atoms with Crippen LogP contribution in [0, 0.1) is 5.92 Å². The molecular weight excluding hydrogens is 326 g/mol. The van der Waals surface area contributed by atoms with Crippen LogP contribution in [0.4, 0.5) is 0 Å². The Morgan fingerprint density at radius 1 is 1.12 bits per heavy atom. The van der Waals surface area contributed by atoms with Crippen molar-refractivity contribution >= 4 is 5.97 Å². The van der Waals surface area contributed by atoms with Crippen LogP contribution < -0.4 is 10.1 Å². The number of carboxylic acids is 1. The lowest BCUT2D eigenvalue weighted by Gasteiger charge is -2.29. The Labute approximate surface area is 155 Å². The Morgan fingerprint density at radius 2 is 1.85 bits per heavy atom. The highest BCUT2D eigenvalue weighted by Gasteiger charge is 2.26. The van der Waals surface area contributed by atoms with E-state index in [1.54, 1.807) is 0 Å². The van der Waals surface area contributed by atoms with Crippen molar-refractivity contribution in [2.75, 3.05) is 0 Å². The van der Waals surface area contributed by atoms with Gasteiger partial charge >= 0.3 is 5.97 Å². The monoisotopic (exact) mass is 353 g/mol. The molecule has 4 nitrogen and oxygen atoms in total. The van der Waals surface area contributed by atoms with E-state index in [1.807, 2.05) is 30.3 Å². The largest absolute Gasteiger partial charge is 0.489 e. The van der Waals surface area contributed by atoms with Crippen molar-refractivity contribution in [2.24, 2.45) is 5.92 Å². The Hall–Kier alpha value is -2.33. The van der Waals surface area contributed by atoms with Crippen LogP contribution in [-0.4, -0.2) is 17.1 Å². The van der Waals surface area contributed by atoms with E-state index in [9.17, 15) is 4.79 Å². The van der Waals surface area contributed by atoms with Gasteiger partial charge in [-0.25, -0.2) is 0 Å². The van der Waals surface area contributed by atoms with E-state index in [0.29, 0.717) is 12.6 Å². The number of rotatable bonds is 7. The highest BCUT2D eigenvalue weighted by Crippen LogP contribution is 2.27. The molecule has 0 heterocycles. The van der Waals surface area contributed by atoms with Gasteiger partial charge in [0.25, 0.3) is 0 Å². The van der Waals surface area contributed by atoms with E-state index in [-0.39, 0.29) is 12.0 Å². The molecule has 0 amide bonds. The Morgan fingerprint density at radius 3 is 2.54 bits per heavy atom. The summed E-state index contributed by atoms with van der Waals surface area (Å²) in [4.78, 5) is 11.1. The van der Waals surface area contributed by atoms with Crippen molar-refractivity contribution in [1.82, 2.24) is 5.32 Å². The van der Waals surface area contributed by atoms with E-state index in [0.717, 1.165) is 37.0 Å². The smallest absolute Gasteiger partial charge is 0.306 e. The van der Waals surface area contributed by atoms with Crippen LogP contribution in [0.1, 0.15) is 49.8 Å². The van der Waals surface area contributed by atoms with E-state index < -0.39 is 5.97 Å². The Kier molecular flexibility index (Phi) is 6.29. The van der Waals surface area contributed by atoms with Gasteiger partial charge in [0.2, 0.25) is 0 Å². The van der Waals surface area contributed by atoms with Gasteiger partial charge in [-0.2, -0.15) is 0 Å². The van der Waals surface area contributed by atoms with Gasteiger partial charge in [0.05, 0.1) is 5.92 Å². The van der Waals surface area contributed by atoms with Crippen molar-refractivity contribution in [2.45, 2.75) is 51.3 Å². The molecule has 2 N–H and O–H groups in total. The van der Waals surface area contributed by atoms with Crippen molar-refractivity contribution < 1.29 is 14.6 Å². The van der Waals surface area contributed by atoms with Crippen molar-refractivity contribution in [3.63, 3.8) is 0 Å². The van der Waals surface area contributed by atoms with Gasteiger partial charge in [0, 0.05) is 12.1 Å². The minimum Gasteiger partial charge on any atom is -0.489 e. The number of hydrogen-bond acceptors (Lipinski definition) is 3. The fourth-order valence-corrected chi connectivity index (χ4v) is 3.57. The zero-order valence-corrected chi connectivity index (χ0v) is 15.2. The molecule has 3 rings (SSSR count). The molecule has 2 aromatic carbocycles. The number of ether oxygens (including phenoxy) is 1. The average Bonchev–Trinajstić information content (AvgIpc) is 2.68. The summed E-state index contributed by atoms with van der Waals surface area (Å²) >= 11 is 0. The van der Waals surface area contributed by atoms with Gasteiger partial charge in [0.1, 0.15) is 12.4 Å². The van der Waals surface area contributed by atoms with Crippen molar-refractivity contribution in [3.8, 4) is 5.75 Å². The molecule has 1 fully saturated rings. The molecule has 2 aromatic rings. The van der Waals surface area contributed by atoms with Gasteiger partial charge in [-0.3, -0.25) is 4.79 Å². The standard InChI is InChI=1S/C22H27NO3/c1-16(23-20-12-10-18(11-13-20)22(24)25)19-8-5-9-21(14-19)26-15-17-6-3-2-4-7-17/h2-9,14,16,18,20,23H,10-13,15H2,1H3,(H,24,25)/t16-,18?,20?/m0/s1. The lowest BCUT2D eigenvalue weighted by Crippen LogP contribution is -2.36. The third-order valence-electron chi connectivity index (χ3n) is 5.17. The first-order valence-corrected chi connectivity index (χ1v) is 9.37. The summed E-state index contributed by atoms with van der Waals surface area (Å²) in [6.07, 6.45) is 3.37. The summed E-state index contributed by atoms with van der Waals surface area (Å²) in [7, 11) is 0. The predicted octanol–water partition coefficient (Wildman–Crippen LogP) is 4.56. The van der Waals surface area contributed by atoms with E-state index in [1.165, 1.54) is 5.56 Å². The van der Waals surface area contributed by atoms with Crippen LogP contribution in [0.5, 0.6) is 5.75 Å². The number of carboxylic acid groups (broad SMARTS) is 1. The summed E-state index contributed by atoms with van der Waals surface area (Å²) < 4.78 is 5.92. The molecular formula is C22H27NO3. The zero-order valence-electron chi connectivity index (χ0n) is 15.2. The van der Waals surface area contributed by atoms with Crippen LogP contribution in [0.3, 0.4) is 0 Å². The van der Waals surface area contributed by atoms with Gasteiger partial charge in [-0.15, -0.1) is 0 Å². The molecule has 138 valence electrons. The molecule has 1 aliphatic rings. The second kappa shape index (κ2) is 8.86. The molecule has 1 atom stereocenters. The van der Waals surface area contributed by atoms with E-state index in [4.69, 9.17) is 9.84 Å². The van der Waals surface area contributed by atoms with Gasteiger partial charge in [-0.1, -0.05) is 42.5 Å². The number of nitrogens with one attached hydrogen (secondary N) is 1. The SMILES string of the molecule is C[C@H](NC1CCC(C(=O)O)CC1)c1cccc(OCc2ccccc2)c1. The molecule has 1 aliphatic carbocycles. The van der Waals surface area contributed by atoms with Crippen LogP contribution in [0.2, 0.25) is 0 Å². The van der Waals surface area contributed by atoms with Crippen LogP contribution >= 0.6 is 0 Å². The maximum absolute atomic E-state index is 11.1. The first kappa shape index (κ1) is 18.5. The number of aliphatic carboxylic acids is 1. The predicted molar refractivity (Wildman–Crippen MR) is 102 cm³/mol. The maximum Gasteiger partial charge on any atom is 0.306 e. The van der Waals surface area contributed by atoms with Crippen molar-refractivity contribution in [1.29, 1.82) is 0 Å². The second-order valence-electron chi connectivity index (χ2n) is 7.12. The molecule has 0 aliphatic heterocycles. The topological polar surface area (TPSA) is 58.6 Å². The molecule has 1 saturated carbocycles. The quantitative estimate of drug-likeness (QED) is 0.766. The number of hydrogen-bond donors (Lipinski definition) is 2. The first-order valence-electron chi connectivity index (χ1n) is 9.37. The third kappa shape index (κ3) is 5.09. The summed E-state index contributed by atoms with van der Waals surface area (Å²) in [5.74, 6) is 0.0485. The first-order chi connectivity index (χ1) is 12.6. The second-order valence-corrected chi connectivity index (χ2v) is 7.12. The van der Waals surface area contributed by atoms with Crippen LogP contribution in [-0.2, 0) is 11.4 Å². The summed E-state index contributed by atoms with van der Waals surface area (Å²) in [6.45, 7) is 2.71. The van der Waals surface area contributed by atoms with Gasteiger partial charge in [0.15, 0.2) is 0 Å². The summed E-state index contributed by atoms with van der Waals surface area (Å²) in [6, 6.07) is 18.9. The lowest BCUT2D eigenvalue weighted by molar-refractivity contribution is -0.142. The fourth-order valence-electron chi connectivity index (χ4n) is 3.57. The Balaban J connectivity index is 1.53. The highest BCUT2D eigenvalue weighted by atomic mass is 16.5. The molecule has 0 aromatic heterocycles. The van der Waals surface area contributed by atoms with E-state index >= 15 is 0 Å². The zero-order chi connectivity index (χ0) is 18.4. The van der Waals surface area contributed by atoms with Crippen LogP contribution in [0.25, 0.3) is 0 Å². The fraction of sp³-hybridized carbons (Fsp3) is 0.409. The summed E-state index contributed by atoms with van der Waals surface area (Å²) in [5.41, 5.74) is 2.34. The highest BCUT2D eigenvalue weighted by molar-refractivity contribution is 5.70. The number of benzene rings is 2. The molecule has 4 heteroatoms. The normalized spacial score (nSPS) is 21.1. The molecule has 0 unspecified atom stereocenters. The van der Waals surface area contributed by atoms with E-state index in [2.05, 4.69) is 36.5 Å². The molecule has 0 bridgehead atoms. The number of carbonyl (C=O) groups is 1. The van der Waals surface area contributed by atoms with Gasteiger partial charge in [-0.05, 0) is 55.9 Å². The van der Waals surface area contributed by atoms with Crippen LogP contribution in [0.15, 0.2) is 54.6 Å². The minimum absolute atomic E-state index is 0.168. The molecule has 26 heavy (non-hydrogen) atoms. The molecule has 0 spiro atoms. The van der Waals surface area contributed by atoms with Gasteiger partial charge < -0.3 is 15.2 Å². The third-order valence-corrected chi connectivity index (χ3v) is 5.17. The molecule has 0 saturated heterocycles. The Bertz CT molecular complexity index is 708. The average molecular weight is 353 g/mol.